The van der Waals surface area contributed by atoms with Crippen molar-refractivity contribution in [2.45, 2.75) is 47.2 Å². The molecule has 142 valence electrons. The summed E-state index contributed by atoms with van der Waals surface area (Å²) in [6.07, 6.45) is 0.922. The lowest BCUT2D eigenvalue weighted by molar-refractivity contribution is -0.386. The van der Waals surface area contributed by atoms with E-state index < -0.39 is 4.92 Å². The van der Waals surface area contributed by atoms with Crippen molar-refractivity contribution in [1.82, 2.24) is 14.3 Å². The van der Waals surface area contributed by atoms with Crippen LogP contribution in [0.1, 0.15) is 38.0 Å². The summed E-state index contributed by atoms with van der Waals surface area (Å²) in [6, 6.07) is 6.05. The van der Waals surface area contributed by atoms with Gasteiger partial charge in [0, 0.05) is 28.4 Å². The molecule has 0 aliphatic carbocycles. The molecular weight excluding hydrogens is 364 g/mol. The van der Waals surface area contributed by atoms with Crippen LogP contribution in [0.25, 0.3) is 0 Å². The van der Waals surface area contributed by atoms with E-state index in [1.54, 1.807) is 25.2 Å². The maximum absolute atomic E-state index is 12.8. The molecule has 27 heavy (non-hydrogen) atoms. The van der Waals surface area contributed by atoms with Gasteiger partial charge in [-0.15, -0.1) is 11.3 Å². The minimum absolute atomic E-state index is 0.00423. The molecule has 0 saturated heterocycles. The first kappa shape index (κ1) is 19.0. The minimum Gasteiger partial charge on any atom is -0.348 e. The average Bonchev–Trinajstić information content (AvgIpc) is 3.27. The number of nitro groups is 1. The highest BCUT2D eigenvalue weighted by molar-refractivity contribution is 7.09. The molecule has 0 saturated carbocycles. The number of aryl methyl sites for hydroxylation is 3. The molecule has 3 rings (SSSR count). The Hall–Kier alpha value is -2.74. The SMILES string of the molecule is Cc1nn(CC(=O)c2cc(C)n(CCc3cccs3)c2C)c(C)c1[N+](=O)[O-]. The molecule has 0 aromatic carbocycles. The molecule has 7 nitrogen and oxygen atoms in total. The Morgan fingerprint density at radius 1 is 1.26 bits per heavy atom. The van der Waals surface area contributed by atoms with E-state index >= 15 is 0 Å². The van der Waals surface area contributed by atoms with Gasteiger partial charge in [0.25, 0.3) is 0 Å². The lowest BCUT2D eigenvalue weighted by atomic mass is 10.1. The predicted molar refractivity (Wildman–Crippen MR) is 105 cm³/mol. The largest absolute Gasteiger partial charge is 0.348 e. The number of ketones is 1. The standard InChI is InChI=1S/C19H22N4O3S/c1-12-10-17(14(3)21(12)8-7-16-6-5-9-27-16)18(24)11-22-15(4)19(23(25)26)13(2)20-22/h5-6,9-10H,7-8,11H2,1-4H3. The van der Waals surface area contributed by atoms with Crippen LogP contribution in [0.2, 0.25) is 0 Å². The molecule has 0 radical (unpaired) electrons. The van der Waals surface area contributed by atoms with Gasteiger partial charge < -0.3 is 4.57 Å². The van der Waals surface area contributed by atoms with Crippen molar-refractivity contribution < 1.29 is 9.72 Å². The van der Waals surface area contributed by atoms with Gasteiger partial charge in [0.2, 0.25) is 0 Å². The second-order valence-electron chi connectivity index (χ2n) is 6.62. The highest BCUT2D eigenvalue weighted by atomic mass is 32.1. The van der Waals surface area contributed by atoms with Crippen molar-refractivity contribution in [2.24, 2.45) is 0 Å². The van der Waals surface area contributed by atoms with Crippen LogP contribution in [-0.2, 0) is 19.5 Å². The molecule has 3 aromatic rings. The third kappa shape index (κ3) is 3.71. The Labute approximate surface area is 161 Å². The Morgan fingerprint density at radius 3 is 2.59 bits per heavy atom. The molecule has 8 heteroatoms. The van der Waals surface area contributed by atoms with Gasteiger partial charge in [-0.2, -0.15) is 5.10 Å². The van der Waals surface area contributed by atoms with Crippen LogP contribution < -0.4 is 0 Å². The van der Waals surface area contributed by atoms with E-state index in [0.29, 0.717) is 17.0 Å². The molecule has 3 heterocycles. The van der Waals surface area contributed by atoms with Crippen LogP contribution in [0.15, 0.2) is 23.6 Å². The zero-order valence-electron chi connectivity index (χ0n) is 15.9. The molecule has 0 unspecified atom stereocenters. The number of thiophene rings is 1. The topological polar surface area (TPSA) is 83.0 Å². The predicted octanol–water partition coefficient (Wildman–Crippen LogP) is 4.01. The second-order valence-corrected chi connectivity index (χ2v) is 7.66. The number of Topliss-reactive ketones (excluding diaryl/α,β-unsaturated/α-hetero) is 1. The van der Waals surface area contributed by atoms with Crippen LogP contribution in [0.4, 0.5) is 5.69 Å². The van der Waals surface area contributed by atoms with Crippen molar-refractivity contribution in [3.63, 3.8) is 0 Å². The fraction of sp³-hybridized carbons (Fsp3) is 0.368. The molecule has 0 spiro atoms. The molecule has 0 aliphatic rings. The van der Waals surface area contributed by atoms with E-state index in [1.165, 1.54) is 9.56 Å². The van der Waals surface area contributed by atoms with Crippen LogP contribution in [0.5, 0.6) is 0 Å². The van der Waals surface area contributed by atoms with Crippen LogP contribution >= 0.6 is 11.3 Å². The maximum atomic E-state index is 12.8. The van der Waals surface area contributed by atoms with Crippen molar-refractivity contribution in [3.05, 3.63) is 66.9 Å². The smallest absolute Gasteiger partial charge is 0.312 e. The Morgan fingerprint density at radius 2 is 2.00 bits per heavy atom. The number of nitrogens with zero attached hydrogens (tertiary/aromatic N) is 4. The van der Waals surface area contributed by atoms with Gasteiger partial charge in [-0.25, -0.2) is 0 Å². The van der Waals surface area contributed by atoms with Gasteiger partial charge in [-0.05, 0) is 51.6 Å². The van der Waals surface area contributed by atoms with Gasteiger partial charge >= 0.3 is 5.69 Å². The first-order chi connectivity index (χ1) is 12.8. The summed E-state index contributed by atoms with van der Waals surface area (Å²) in [6.45, 7) is 7.95. The molecule has 0 bridgehead atoms. The van der Waals surface area contributed by atoms with E-state index in [4.69, 9.17) is 0 Å². The number of rotatable bonds is 7. The van der Waals surface area contributed by atoms with Crippen molar-refractivity contribution in [2.75, 3.05) is 0 Å². The van der Waals surface area contributed by atoms with Crippen LogP contribution in [0.3, 0.4) is 0 Å². The minimum atomic E-state index is -0.449. The second kappa shape index (κ2) is 7.48. The molecule has 0 aliphatic heterocycles. The highest BCUT2D eigenvalue weighted by Gasteiger charge is 2.24. The lowest BCUT2D eigenvalue weighted by Crippen LogP contribution is -2.14. The normalized spacial score (nSPS) is 11.1. The maximum Gasteiger partial charge on any atom is 0.312 e. The Kier molecular flexibility index (Phi) is 5.27. The van der Waals surface area contributed by atoms with Gasteiger partial charge in [-0.1, -0.05) is 6.07 Å². The summed E-state index contributed by atoms with van der Waals surface area (Å²) in [5, 5.41) is 17.4. The number of carbonyl (C=O) groups is 1. The molecule has 0 atom stereocenters. The van der Waals surface area contributed by atoms with E-state index in [-0.39, 0.29) is 18.0 Å². The average molecular weight is 386 g/mol. The van der Waals surface area contributed by atoms with Crippen LogP contribution in [-0.4, -0.2) is 25.1 Å². The van der Waals surface area contributed by atoms with Crippen molar-refractivity contribution in [3.8, 4) is 0 Å². The third-order valence-electron chi connectivity index (χ3n) is 4.86. The summed E-state index contributed by atoms with van der Waals surface area (Å²) in [5.74, 6) is -0.0917. The first-order valence-corrected chi connectivity index (χ1v) is 9.58. The number of hydrogen-bond acceptors (Lipinski definition) is 5. The van der Waals surface area contributed by atoms with E-state index in [9.17, 15) is 14.9 Å². The van der Waals surface area contributed by atoms with Gasteiger partial charge in [0.15, 0.2) is 5.78 Å². The van der Waals surface area contributed by atoms with E-state index in [0.717, 1.165) is 24.4 Å². The summed E-state index contributed by atoms with van der Waals surface area (Å²) in [4.78, 5) is 24.8. The van der Waals surface area contributed by atoms with Gasteiger partial charge in [0.05, 0.1) is 4.92 Å². The fourth-order valence-electron chi connectivity index (χ4n) is 3.43. The summed E-state index contributed by atoms with van der Waals surface area (Å²) >= 11 is 1.73. The molecule has 0 N–H and O–H groups in total. The monoisotopic (exact) mass is 386 g/mol. The quantitative estimate of drug-likeness (QED) is 0.349. The van der Waals surface area contributed by atoms with Gasteiger partial charge in [0.1, 0.15) is 17.9 Å². The zero-order valence-corrected chi connectivity index (χ0v) is 16.7. The molecular formula is C19H22N4O3S. The molecule has 0 fully saturated rings. The Balaban J connectivity index is 1.80. The molecule has 3 aromatic heterocycles. The number of carbonyl (C=O) groups excluding carboxylic acids is 1. The summed E-state index contributed by atoms with van der Waals surface area (Å²) < 4.78 is 3.57. The number of hydrogen-bond donors (Lipinski definition) is 0. The van der Waals surface area contributed by atoms with E-state index in [1.807, 2.05) is 26.0 Å². The van der Waals surface area contributed by atoms with Crippen LogP contribution in [0, 0.1) is 37.8 Å². The Bertz CT molecular complexity index is 999. The molecule has 0 amide bonds. The van der Waals surface area contributed by atoms with E-state index in [2.05, 4.69) is 21.1 Å². The highest BCUT2D eigenvalue weighted by Crippen LogP contribution is 2.23. The van der Waals surface area contributed by atoms with Gasteiger partial charge in [-0.3, -0.25) is 19.6 Å². The third-order valence-corrected chi connectivity index (χ3v) is 5.79. The number of aromatic nitrogens is 3. The summed E-state index contributed by atoms with van der Waals surface area (Å²) in [5.41, 5.74) is 3.30. The lowest BCUT2D eigenvalue weighted by Gasteiger charge is -2.09. The first-order valence-electron chi connectivity index (χ1n) is 8.70. The zero-order chi connectivity index (χ0) is 19.7. The van der Waals surface area contributed by atoms with Crippen molar-refractivity contribution in [1.29, 1.82) is 0 Å². The van der Waals surface area contributed by atoms with Crippen molar-refractivity contribution >= 4 is 22.8 Å². The summed E-state index contributed by atoms with van der Waals surface area (Å²) in [7, 11) is 0. The fourth-order valence-corrected chi connectivity index (χ4v) is 4.13.